The number of hydrogen-bond donors (Lipinski definition) is 1. The molecule has 0 unspecified atom stereocenters. The number of ether oxygens (including phenoxy) is 1. The molecule has 0 saturated heterocycles. The standard InChI is InChI=1S/C29H38N2O3/c1-21(2)16-30(17-22(3)4)19-25(32)20-31-18-24(27-8-6-7-9-28(27)31)12-15-29(33)23-10-13-26(34-5)14-11-23/h6-15,18,21-22,25,32H,16-17,19-20H2,1-5H3/b15-12+/t25-/m0/s1. The first-order chi connectivity index (χ1) is 16.3. The summed E-state index contributed by atoms with van der Waals surface area (Å²) in [5, 5.41) is 12.0. The Bertz CT molecular complexity index is 1090. The summed E-state index contributed by atoms with van der Waals surface area (Å²) < 4.78 is 7.26. The van der Waals surface area contributed by atoms with Crippen LogP contribution in [0.4, 0.5) is 0 Å². The van der Waals surface area contributed by atoms with Crippen LogP contribution in [0.2, 0.25) is 0 Å². The Kier molecular flexibility index (Phi) is 9.08. The summed E-state index contributed by atoms with van der Waals surface area (Å²) in [6.45, 7) is 12.0. The van der Waals surface area contributed by atoms with Crippen molar-refractivity contribution in [3.05, 3.63) is 71.9 Å². The van der Waals surface area contributed by atoms with Gasteiger partial charge in [-0.25, -0.2) is 0 Å². The molecule has 0 spiro atoms. The number of para-hydroxylation sites is 1. The molecule has 1 heterocycles. The SMILES string of the molecule is COc1ccc(C(=O)/C=C/c2cn(C[C@@H](O)CN(CC(C)C)CC(C)C)c3ccccc23)cc1. The number of allylic oxidation sites excluding steroid dienone is 1. The lowest BCUT2D eigenvalue weighted by atomic mass is 10.1. The maximum absolute atomic E-state index is 12.7. The molecule has 0 bridgehead atoms. The number of methoxy groups -OCH3 is 1. The van der Waals surface area contributed by atoms with E-state index in [4.69, 9.17) is 4.74 Å². The van der Waals surface area contributed by atoms with Gasteiger partial charge < -0.3 is 19.3 Å². The summed E-state index contributed by atoms with van der Waals surface area (Å²) in [6, 6.07) is 15.2. The Labute approximate surface area is 203 Å². The average Bonchev–Trinajstić information content (AvgIpc) is 3.14. The summed E-state index contributed by atoms with van der Waals surface area (Å²) in [5.74, 6) is 1.77. The van der Waals surface area contributed by atoms with Gasteiger partial charge in [0.2, 0.25) is 0 Å². The first-order valence-corrected chi connectivity index (χ1v) is 12.1. The van der Waals surface area contributed by atoms with E-state index in [9.17, 15) is 9.90 Å². The fraction of sp³-hybridized carbons (Fsp3) is 0.414. The first kappa shape index (κ1) is 25.7. The molecule has 0 saturated carbocycles. The third kappa shape index (κ3) is 7.05. The Morgan fingerprint density at radius 2 is 1.65 bits per heavy atom. The van der Waals surface area contributed by atoms with E-state index in [1.165, 1.54) is 0 Å². The van der Waals surface area contributed by atoms with Crippen molar-refractivity contribution in [3.63, 3.8) is 0 Å². The van der Waals surface area contributed by atoms with Crippen molar-refractivity contribution in [1.82, 2.24) is 9.47 Å². The van der Waals surface area contributed by atoms with Crippen molar-refractivity contribution < 1.29 is 14.6 Å². The Hall–Kier alpha value is -2.89. The van der Waals surface area contributed by atoms with Crippen molar-refractivity contribution >= 4 is 22.8 Å². The fourth-order valence-corrected chi connectivity index (χ4v) is 4.42. The minimum atomic E-state index is -0.480. The van der Waals surface area contributed by atoms with Crippen LogP contribution in [-0.2, 0) is 6.54 Å². The molecule has 182 valence electrons. The molecular formula is C29H38N2O3. The van der Waals surface area contributed by atoms with Gasteiger partial charge in [0.05, 0.1) is 13.2 Å². The number of aliphatic hydroxyl groups excluding tert-OH is 1. The van der Waals surface area contributed by atoms with E-state index in [0.29, 0.717) is 30.5 Å². The van der Waals surface area contributed by atoms with Crippen LogP contribution in [0.25, 0.3) is 17.0 Å². The molecule has 0 aliphatic rings. The van der Waals surface area contributed by atoms with Gasteiger partial charge in [-0.2, -0.15) is 0 Å². The molecule has 0 radical (unpaired) electrons. The molecule has 3 rings (SSSR count). The summed E-state index contributed by atoms with van der Waals surface area (Å²) in [7, 11) is 1.61. The zero-order valence-electron chi connectivity index (χ0n) is 21.1. The van der Waals surface area contributed by atoms with E-state index in [1.807, 2.05) is 24.4 Å². The van der Waals surface area contributed by atoms with Crippen LogP contribution in [0.1, 0.15) is 43.6 Å². The smallest absolute Gasteiger partial charge is 0.185 e. The van der Waals surface area contributed by atoms with Crippen molar-refractivity contribution in [2.24, 2.45) is 11.8 Å². The maximum Gasteiger partial charge on any atom is 0.185 e. The van der Waals surface area contributed by atoms with E-state index in [0.717, 1.165) is 35.3 Å². The highest BCUT2D eigenvalue weighted by Crippen LogP contribution is 2.23. The predicted molar refractivity (Wildman–Crippen MR) is 140 cm³/mol. The number of fused-ring (bicyclic) bond motifs is 1. The molecule has 1 aromatic heterocycles. The normalized spacial score (nSPS) is 13.0. The number of rotatable bonds is 12. The summed E-state index contributed by atoms with van der Waals surface area (Å²) >= 11 is 0. The molecule has 0 aliphatic heterocycles. The van der Waals surface area contributed by atoms with Gasteiger partial charge in [-0.1, -0.05) is 45.9 Å². The molecule has 5 nitrogen and oxygen atoms in total. The Morgan fingerprint density at radius 3 is 2.26 bits per heavy atom. The molecule has 1 N–H and O–H groups in total. The lowest BCUT2D eigenvalue weighted by molar-refractivity contribution is 0.0869. The van der Waals surface area contributed by atoms with Crippen LogP contribution in [0.15, 0.2) is 60.8 Å². The van der Waals surface area contributed by atoms with Crippen LogP contribution in [0, 0.1) is 11.8 Å². The zero-order valence-corrected chi connectivity index (χ0v) is 21.1. The van der Waals surface area contributed by atoms with E-state index < -0.39 is 6.10 Å². The van der Waals surface area contributed by atoms with Crippen LogP contribution in [0.3, 0.4) is 0 Å². The van der Waals surface area contributed by atoms with Gasteiger partial charge in [0.1, 0.15) is 5.75 Å². The number of nitrogens with zero attached hydrogens (tertiary/aromatic N) is 2. The maximum atomic E-state index is 12.7. The predicted octanol–water partition coefficient (Wildman–Crippen LogP) is 5.52. The minimum Gasteiger partial charge on any atom is -0.497 e. The van der Waals surface area contributed by atoms with Crippen molar-refractivity contribution in [3.8, 4) is 5.75 Å². The first-order valence-electron chi connectivity index (χ1n) is 12.1. The number of carbonyl (C=O) groups excluding carboxylic acids is 1. The number of carbonyl (C=O) groups is 1. The number of ketones is 1. The van der Waals surface area contributed by atoms with Crippen molar-refractivity contribution in [2.45, 2.75) is 40.3 Å². The number of aliphatic hydroxyl groups is 1. The lowest BCUT2D eigenvalue weighted by Crippen LogP contribution is -2.39. The van der Waals surface area contributed by atoms with Crippen LogP contribution in [0.5, 0.6) is 5.75 Å². The van der Waals surface area contributed by atoms with Gasteiger partial charge in [0, 0.05) is 54.4 Å². The van der Waals surface area contributed by atoms with Crippen LogP contribution >= 0.6 is 0 Å². The molecular weight excluding hydrogens is 424 g/mol. The van der Waals surface area contributed by atoms with Crippen LogP contribution in [-0.4, -0.2) is 53.2 Å². The highest BCUT2D eigenvalue weighted by atomic mass is 16.5. The van der Waals surface area contributed by atoms with Gasteiger partial charge >= 0.3 is 0 Å². The van der Waals surface area contributed by atoms with Gasteiger partial charge in [0.25, 0.3) is 0 Å². The second kappa shape index (κ2) is 12.0. The molecule has 34 heavy (non-hydrogen) atoms. The Morgan fingerprint density at radius 1 is 1.00 bits per heavy atom. The largest absolute Gasteiger partial charge is 0.497 e. The molecule has 2 aromatic carbocycles. The van der Waals surface area contributed by atoms with Gasteiger partial charge in [0.15, 0.2) is 5.78 Å². The fourth-order valence-electron chi connectivity index (χ4n) is 4.42. The summed E-state index contributed by atoms with van der Waals surface area (Å²) in [5.41, 5.74) is 2.63. The van der Waals surface area contributed by atoms with Crippen molar-refractivity contribution in [2.75, 3.05) is 26.7 Å². The van der Waals surface area contributed by atoms with E-state index in [1.54, 1.807) is 37.5 Å². The van der Waals surface area contributed by atoms with E-state index in [2.05, 4.69) is 49.3 Å². The molecule has 0 aliphatic carbocycles. The van der Waals surface area contributed by atoms with Gasteiger partial charge in [-0.15, -0.1) is 0 Å². The molecule has 5 heteroatoms. The Balaban J connectivity index is 1.77. The third-order valence-electron chi connectivity index (χ3n) is 5.73. The topological polar surface area (TPSA) is 54.7 Å². The molecule has 1 atom stereocenters. The summed E-state index contributed by atoms with van der Waals surface area (Å²) in [4.78, 5) is 15.0. The summed E-state index contributed by atoms with van der Waals surface area (Å²) in [6.07, 6.45) is 5.02. The van der Waals surface area contributed by atoms with Gasteiger partial charge in [-0.3, -0.25) is 4.79 Å². The highest BCUT2D eigenvalue weighted by Gasteiger charge is 2.16. The van der Waals surface area contributed by atoms with E-state index in [-0.39, 0.29) is 5.78 Å². The number of hydrogen-bond acceptors (Lipinski definition) is 4. The molecule has 0 amide bonds. The van der Waals surface area contributed by atoms with Crippen LogP contribution < -0.4 is 4.74 Å². The highest BCUT2D eigenvalue weighted by molar-refractivity contribution is 6.07. The molecule has 0 fully saturated rings. The van der Waals surface area contributed by atoms with E-state index >= 15 is 0 Å². The quantitative estimate of drug-likeness (QED) is 0.284. The average molecular weight is 463 g/mol. The lowest BCUT2D eigenvalue weighted by Gasteiger charge is -2.28. The second-order valence-corrected chi connectivity index (χ2v) is 9.84. The monoisotopic (exact) mass is 462 g/mol. The zero-order chi connectivity index (χ0) is 24.7. The minimum absolute atomic E-state index is 0.0578. The number of benzene rings is 2. The third-order valence-corrected chi connectivity index (χ3v) is 5.73. The van der Waals surface area contributed by atoms with Crippen molar-refractivity contribution in [1.29, 1.82) is 0 Å². The van der Waals surface area contributed by atoms with Gasteiger partial charge in [-0.05, 0) is 54.3 Å². The molecule has 3 aromatic rings. The second-order valence-electron chi connectivity index (χ2n) is 9.84. The number of aromatic nitrogens is 1.